The number of thiazole rings is 1. The van der Waals surface area contributed by atoms with Crippen LogP contribution in [0.4, 0.5) is 0 Å². The summed E-state index contributed by atoms with van der Waals surface area (Å²) in [6, 6.07) is 0. The Kier molecular flexibility index (Phi) is 4.20. The van der Waals surface area contributed by atoms with Gasteiger partial charge in [-0.2, -0.15) is 5.10 Å². The van der Waals surface area contributed by atoms with E-state index in [9.17, 15) is 0 Å². The molecule has 0 fully saturated rings. The van der Waals surface area contributed by atoms with E-state index in [4.69, 9.17) is 0 Å². The van der Waals surface area contributed by atoms with Crippen LogP contribution in [0.2, 0.25) is 0 Å². The summed E-state index contributed by atoms with van der Waals surface area (Å²) in [7, 11) is 1.98. The van der Waals surface area contributed by atoms with Gasteiger partial charge in [0.2, 0.25) is 0 Å². The normalized spacial score (nSPS) is 11.0. The van der Waals surface area contributed by atoms with Gasteiger partial charge in [-0.15, -0.1) is 11.3 Å². The van der Waals surface area contributed by atoms with Gasteiger partial charge in [-0.3, -0.25) is 4.68 Å². The topological polar surface area (TPSA) is 42.7 Å². The molecule has 6 heteroatoms. The molecule has 0 radical (unpaired) electrons. The van der Waals surface area contributed by atoms with Crippen LogP contribution < -0.4 is 5.32 Å². The van der Waals surface area contributed by atoms with Gasteiger partial charge in [0, 0.05) is 30.7 Å². The average molecular weight is 268 g/mol. The molecule has 1 N–H and O–H groups in total. The van der Waals surface area contributed by atoms with Crippen LogP contribution in [0.1, 0.15) is 18.2 Å². The Balaban J connectivity index is 2.25. The van der Waals surface area contributed by atoms with Crippen LogP contribution in [-0.2, 0) is 13.6 Å². The first kappa shape index (κ1) is 12.6. The molecule has 0 saturated carbocycles. The van der Waals surface area contributed by atoms with E-state index in [0.717, 1.165) is 23.1 Å². The Morgan fingerprint density at radius 1 is 1.53 bits per heavy atom. The van der Waals surface area contributed by atoms with Gasteiger partial charge in [-0.05, 0) is 25.2 Å². The van der Waals surface area contributed by atoms with Crippen molar-refractivity contribution in [1.29, 1.82) is 0 Å². The zero-order valence-corrected chi connectivity index (χ0v) is 11.9. The smallest absolute Gasteiger partial charge is 0.156 e. The molecule has 2 rings (SSSR count). The van der Waals surface area contributed by atoms with Crippen molar-refractivity contribution in [1.82, 2.24) is 20.1 Å². The summed E-state index contributed by atoms with van der Waals surface area (Å²) in [5.41, 5.74) is 2.36. The molecular weight excluding hydrogens is 252 g/mol. The van der Waals surface area contributed by atoms with E-state index in [2.05, 4.69) is 29.2 Å². The third kappa shape index (κ3) is 2.88. The minimum Gasteiger partial charge on any atom is -0.313 e. The van der Waals surface area contributed by atoms with Crippen LogP contribution in [0.5, 0.6) is 0 Å². The third-order valence-electron chi connectivity index (χ3n) is 2.43. The second kappa shape index (κ2) is 5.66. The van der Waals surface area contributed by atoms with Crippen molar-refractivity contribution in [2.45, 2.75) is 29.8 Å². The zero-order chi connectivity index (χ0) is 12.3. The fourth-order valence-corrected chi connectivity index (χ4v) is 3.36. The van der Waals surface area contributed by atoms with E-state index < -0.39 is 0 Å². The molecule has 0 spiro atoms. The Hall–Kier alpha value is -0.850. The van der Waals surface area contributed by atoms with Crippen molar-refractivity contribution in [3.63, 3.8) is 0 Å². The molecule has 0 bridgehead atoms. The number of nitrogens with zero attached hydrogens (tertiary/aromatic N) is 3. The van der Waals surface area contributed by atoms with E-state index in [1.54, 1.807) is 23.1 Å². The maximum absolute atomic E-state index is 4.48. The second-order valence-electron chi connectivity index (χ2n) is 3.67. The van der Waals surface area contributed by atoms with Gasteiger partial charge < -0.3 is 5.32 Å². The van der Waals surface area contributed by atoms with Gasteiger partial charge in [-0.1, -0.05) is 6.92 Å². The van der Waals surface area contributed by atoms with E-state index >= 15 is 0 Å². The summed E-state index contributed by atoms with van der Waals surface area (Å²) < 4.78 is 3.00. The first-order valence-corrected chi connectivity index (χ1v) is 7.22. The lowest BCUT2D eigenvalue weighted by atomic mass is 10.2. The molecule has 0 aliphatic rings. The molecule has 0 aliphatic heterocycles. The van der Waals surface area contributed by atoms with Gasteiger partial charge in [0.05, 0.1) is 5.69 Å². The molecular formula is C11H16N4S2. The van der Waals surface area contributed by atoms with E-state index in [-0.39, 0.29) is 0 Å². The summed E-state index contributed by atoms with van der Waals surface area (Å²) in [5, 5.41) is 11.0. The molecule has 0 aromatic carbocycles. The largest absolute Gasteiger partial charge is 0.313 e. The standard InChI is InChI=1S/C11H16N4S2/c1-4-12-7-9-8(2)14-15(3)10(9)17-11-13-5-6-16-11/h5-6,12H,4,7H2,1-3H3. The number of aryl methyl sites for hydroxylation is 2. The summed E-state index contributed by atoms with van der Waals surface area (Å²) in [6.45, 7) is 6.00. The first-order chi connectivity index (χ1) is 8.22. The van der Waals surface area contributed by atoms with Crippen LogP contribution in [0, 0.1) is 6.92 Å². The van der Waals surface area contributed by atoms with Gasteiger partial charge in [0.1, 0.15) is 5.03 Å². The third-order valence-corrected chi connectivity index (χ3v) is 4.52. The van der Waals surface area contributed by atoms with Crippen LogP contribution in [0.3, 0.4) is 0 Å². The van der Waals surface area contributed by atoms with Gasteiger partial charge in [0.15, 0.2) is 4.34 Å². The first-order valence-electron chi connectivity index (χ1n) is 5.53. The Morgan fingerprint density at radius 2 is 2.35 bits per heavy atom. The highest BCUT2D eigenvalue weighted by Crippen LogP contribution is 2.32. The van der Waals surface area contributed by atoms with Crippen LogP contribution in [-0.4, -0.2) is 21.3 Å². The number of hydrogen-bond acceptors (Lipinski definition) is 5. The Morgan fingerprint density at radius 3 is 3.00 bits per heavy atom. The fraction of sp³-hybridized carbons (Fsp3) is 0.455. The Bertz CT molecular complexity index is 476. The molecule has 17 heavy (non-hydrogen) atoms. The average Bonchev–Trinajstić information content (AvgIpc) is 2.88. The molecule has 2 aromatic rings. The lowest BCUT2D eigenvalue weighted by molar-refractivity contribution is 0.674. The predicted octanol–water partition coefficient (Wildman–Crippen LogP) is 2.45. The van der Waals surface area contributed by atoms with Crippen LogP contribution in [0.25, 0.3) is 0 Å². The molecule has 4 nitrogen and oxygen atoms in total. The van der Waals surface area contributed by atoms with Gasteiger partial charge in [0.25, 0.3) is 0 Å². The fourth-order valence-electron chi connectivity index (χ4n) is 1.61. The lowest BCUT2D eigenvalue weighted by Crippen LogP contribution is -2.12. The molecule has 0 saturated heterocycles. The maximum Gasteiger partial charge on any atom is 0.156 e. The number of aromatic nitrogens is 3. The summed E-state index contributed by atoms with van der Waals surface area (Å²) in [4.78, 5) is 4.30. The van der Waals surface area contributed by atoms with E-state index in [0.29, 0.717) is 0 Å². The molecule has 0 atom stereocenters. The minimum atomic E-state index is 0.865. The van der Waals surface area contributed by atoms with Crippen molar-refractivity contribution < 1.29 is 0 Å². The van der Waals surface area contributed by atoms with Crippen molar-refractivity contribution in [3.8, 4) is 0 Å². The van der Waals surface area contributed by atoms with Crippen molar-refractivity contribution in [2.75, 3.05) is 6.54 Å². The zero-order valence-electron chi connectivity index (χ0n) is 10.2. The number of hydrogen-bond donors (Lipinski definition) is 1. The monoisotopic (exact) mass is 268 g/mol. The lowest BCUT2D eigenvalue weighted by Gasteiger charge is -2.04. The quantitative estimate of drug-likeness (QED) is 0.904. The second-order valence-corrected chi connectivity index (χ2v) is 5.80. The summed E-state index contributed by atoms with van der Waals surface area (Å²) >= 11 is 3.35. The van der Waals surface area contributed by atoms with Gasteiger partial charge >= 0.3 is 0 Å². The Labute approximate surface area is 109 Å². The molecule has 2 aromatic heterocycles. The van der Waals surface area contributed by atoms with Crippen LogP contribution in [0.15, 0.2) is 20.9 Å². The van der Waals surface area contributed by atoms with Crippen molar-refractivity contribution in [3.05, 3.63) is 22.8 Å². The van der Waals surface area contributed by atoms with E-state index in [1.807, 2.05) is 23.3 Å². The molecule has 0 aliphatic carbocycles. The summed E-state index contributed by atoms with van der Waals surface area (Å²) in [5.74, 6) is 0. The van der Waals surface area contributed by atoms with Crippen LogP contribution >= 0.6 is 23.1 Å². The molecule has 0 unspecified atom stereocenters. The van der Waals surface area contributed by atoms with E-state index in [1.165, 1.54) is 10.6 Å². The molecule has 92 valence electrons. The predicted molar refractivity (Wildman–Crippen MR) is 71.6 cm³/mol. The SMILES string of the molecule is CCNCc1c(C)nn(C)c1Sc1nccs1. The van der Waals surface area contributed by atoms with Crippen molar-refractivity contribution >= 4 is 23.1 Å². The highest BCUT2D eigenvalue weighted by Gasteiger charge is 2.14. The highest BCUT2D eigenvalue weighted by atomic mass is 32.2. The van der Waals surface area contributed by atoms with Crippen molar-refractivity contribution in [2.24, 2.45) is 7.05 Å². The highest BCUT2D eigenvalue weighted by molar-refractivity contribution is 8.01. The minimum absolute atomic E-state index is 0.865. The van der Waals surface area contributed by atoms with Gasteiger partial charge in [-0.25, -0.2) is 4.98 Å². The maximum atomic E-state index is 4.48. The molecule has 2 heterocycles. The summed E-state index contributed by atoms with van der Waals surface area (Å²) in [6.07, 6.45) is 1.83. The number of rotatable bonds is 5. The molecule has 0 amide bonds. The number of nitrogens with one attached hydrogen (secondary N) is 1.